The molecule has 4 N–H and O–H groups in total. The smallest absolute Gasteiger partial charge is 0.351 e. The normalized spacial score (nSPS) is 10.2. The third-order valence-electron chi connectivity index (χ3n) is 2.35. The number of ether oxygens (including phenoxy) is 1. The molecular formula is C12H11FN2O3S. The van der Waals surface area contributed by atoms with Gasteiger partial charge >= 0.3 is 5.97 Å². The Morgan fingerprint density at radius 1 is 1.47 bits per heavy atom. The molecule has 0 bridgehead atoms. The topological polar surface area (TPSA) is 84.6 Å². The monoisotopic (exact) mass is 282 g/mol. The number of rotatable bonds is 3. The van der Waals surface area contributed by atoms with Gasteiger partial charge in [-0.1, -0.05) is 0 Å². The van der Waals surface area contributed by atoms with Crippen molar-refractivity contribution in [1.82, 2.24) is 0 Å². The Labute approximate surface area is 112 Å². The lowest BCUT2D eigenvalue weighted by Gasteiger charge is -2.06. The molecule has 0 unspecified atom stereocenters. The van der Waals surface area contributed by atoms with E-state index >= 15 is 0 Å². The van der Waals surface area contributed by atoms with Crippen molar-refractivity contribution >= 4 is 33.7 Å². The summed E-state index contributed by atoms with van der Waals surface area (Å²) in [7, 11) is 1.23. The summed E-state index contributed by atoms with van der Waals surface area (Å²) in [5, 5.41) is 13.0. The molecule has 0 aliphatic rings. The molecular weight excluding hydrogens is 271 g/mol. The molecule has 0 amide bonds. The molecule has 2 rings (SSSR count). The highest BCUT2D eigenvalue weighted by molar-refractivity contribution is 7.18. The van der Waals surface area contributed by atoms with Gasteiger partial charge in [-0.15, -0.1) is 11.3 Å². The number of halogens is 1. The molecule has 19 heavy (non-hydrogen) atoms. The Hall–Kier alpha value is -2.28. The van der Waals surface area contributed by atoms with E-state index in [0.717, 1.165) is 11.3 Å². The third kappa shape index (κ3) is 2.76. The molecule has 1 aromatic heterocycles. The van der Waals surface area contributed by atoms with Crippen LogP contribution in [0.15, 0.2) is 24.3 Å². The summed E-state index contributed by atoms with van der Waals surface area (Å²) in [6.45, 7) is 0. The van der Waals surface area contributed by atoms with Crippen molar-refractivity contribution in [3.63, 3.8) is 0 Å². The van der Waals surface area contributed by atoms with Gasteiger partial charge in [0.15, 0.2) is 4.88 Å². The predicted octanol–water partition coefficient (Wildman–Crippen LogP) is 2.71. The van der Waals surface area contributed by atoms with E-state index in [4.69, 9.17) is 5.73 Å². The second-order valence-corrected chi connectivity index (χ2v) is 4.73. The average Bonchev–Trinajstić information content (AvgIpc) is 2.73. The fraction of sp³-hybridized carbons (Fsp3) is 0.0833. The number of nitrogens with two attached hydrogens (primary N) is 1. The SMILES string of the molecule is COC(=O)c1sc(Nc2ccc(F)cc2N)cc1O. The van der Waals surface area contributed by atoms with Crippen molar-refractivity contribution in [2.45, 2.75) is 0 Å². The molecule has 100 valence electrons. The summed E-state index contributed by atoms with van der Waals surface area (Å²) in [5.41, 5.74) is 6.36. The first-order valence-corrected chi connectivity index (χ1v) is 6.06. The van der Waals surface area contributed by atoms with Crippen LogP contribution in [0.1, 0.15) is 9.67 Å². The number of nitrogens with one attached hydrogen (secondary N) is 1. The van der Waals surface area contributed by atoms with Gasteiger partial charge in [0.2, 0.25) is 0 Å². The van der Waals surface area contributed by atoms with Crippen LogP contribution >= 0.6 is 11.3 Å². The number of nitrogen functional groups attached to an aromatic ring is 1. The maximum absolute atomic E-state index is 12.9. The Kier molecular flexibility index (Phi) is 3.57. The quantitative estimate of drug-likeness (QED) is 0.595. The summed E-state index contributed by atoms with van der Waals surface area (Å²) < 4.78 is 17.4. The van der Waals surface area contributed by atoms with Gasteiger partial charge in [0.25, 0.3) is 0 Å². The molecule has 0 saturated carbocycles. The van der Waals surface area contributed by atoms with E-state index in [2.05, 4.69) is 10.1 Å². The Morgan fingerprint density at radius 2 is 2.21 bits per heavy atom. The molecule has 0 radical (unpaired) electrons. The van der Waals surface area contributed by atoms with Crippen LogP contribution in [-0.4, -0.2) is 18.2 Å². The number of methoxy groups -OCH3 is 1. The number of hydrogen-bond donors (Lipinski definition) is 3. The molecule has 0 aliphatic carbocycles. The van der Waals surface area contributed by atoms with Crippen LogP contribution in [0.5, 0.6) is 5.75 Å². The zero-order valence-corrected chi connectivity index (χ0v) is 10.8. The summed E-state index contributed by atoms with van der Waals surface area (Å²) in [4.78, 5) is 11.4. The molecule has 0 aliphatic heterocycles. The van der Waals surface area contributed by atoms with E-state index in [1.54, 1.807) is 0 Å². The van der Waals surface area contributed by atoms with E-state index < -0.39 is 11.8 Å². The van der Waals surface area contributed by atoms with Gasteiger partial charge in [-0.25, -0.2) is 9.18 Å². The minimum Gasteiger partial charge on any atom is -0.506 e. The zero-order chi connectivity index (χ0) is 14.0. The first-order chi connectivity index (χ1) is 9.01. The van der Waals surface area contributed by atoms with E-state index in [0.29, 0.717) is 10.7 Å². The second-order valence-electron chi connectivity index (χ2n) is 3.67. The van der Waals surface area contributed by atoms with Crippen LogP contribution in [0.4, 0.5) is 20.8 Å². The highest BCUT2D eigenvalue weighted by Gasteiger charge is 2.16. The fourth-order valence-corrected chi connectivity index (χ4v) is 2.34. The summed E-state index contributed by atoms with van der Waals surface area (Å²) in [6, 6.07) is 5.28. The lowest BCUT2D eigenvalue weighted by molar-refractivity contribution is 0.0603. The third-order valence-corrected chi connectivity index (χ3v) is 3.37. The van der Waals surface area contributed by atoms with Gasteiger partial charge in [-0.3, -0.25) is 0 Å². The van der Waals surface area contributed by atoms with E-state index in [1.807, 2.05) is 0 Å². The van der Waals surface area contributed by atoms with Crippen LogP contribution in [0.25, 0.3) is 0 Å². The molecule has 1 heterocycles. The molecule has 1 aromatic carbocycles. The summed E-state index contributed by atoms with van der Waals surface area (Å²) in [5.74, 6) is -1.24. The molecule has 2 aromatic rings. The van der Waals surface area contributed by atoms with Crippen LogP contribution in [0.2, 0.25) is 0 Å². The number of esters is 1. The Morgan fingerprint density at radius 3 is 2.84 bits per heavy atom. The molecule has 5 nitrogen and oxygen atoms in total. The number of carbonyl (C=O) groups is 1. The number of benzene rings is 1. The lowest BCUT2D eigenvalue weighted by atomic mass is 10.2. The number of anilines is 3. The fourth-order valence-electron chi connectivity index (χ4n) is 1.46. The molecule has 7 heteroatoms. The predicted molar refractivity (Wildman–Crippen MR) is 71.4 cm³/mol. The standard InChI is InChI=1S/C12H11FN2O3S/c1-18-12(17)11-9(16)5-10(19-11)15-8-3-2-6(13)4-7(8)14/h2-5,15-16H,14H2,1H3. The van der Waals surface area contributed by atoms with Gasteiger partial charge in [0.1, 0.15) is 11.6 Å². The van der Waals surface area contributed by atoms with Gasteiger partial charge in [-0.2, -0.15) is 0 Å². The average molecular weight is 282 g/mol. The van der Waals surface area contributed by atoms with E-state index in [-0.39, 0.29) is 16.3 Å². The van der Waals surface area contributed by atoms with Crippen LogP contribution in [-0.2, 0) is 4.74 Å². The second kappa shape index (κ2) is 5.15. The van der Waals surface area contributed by atoms with Crippen LogP contribution in [0.3, 0.4) is 0 Å². The van der Waals surface area contributed by atoms with E-state index in [1.165, 1.54) is 31.4 Å². The van der Waals surface area contributed by atoms with Crippen LogP contribution in [0, 0.1) is 5.82 Å². The highest BCUT2D eigenvalue weighted by atomic mass is 32.1. The number of hydrogen-bond acceptors (Lipinski definition) is 6. The van der Waals surface area contributed by atoms with Crippen molar-refractivity contribution in [3.8, 4) is 5.75 Å². The Balaban J connectivity index is 2.26. The van der Waals surface area contributed by atoms with Gasteiger partial charge in [-0.05, 0) is 18.2 Å². The number of aromatic hydroxyl groups is 1. The zero-order valence-electron chi connectivity index (χ0n) is 9.94. The largest absolute Gasteiger partial charge is 0.506 e. The van der Waals surface area contributed by atoms with Gasteiger partial charge < -0.3 is 20.9 Å². The maximum Gasteiger partial charge on any atom is 0.351 e. The molecule has 0 atom stereocenters. The molecule has 0 spiro atoms. The van der Waals surface area contributed by atoms with Crippen LogP contribution < -0.4 is 11.1 Å². The van der Waals surface area contributed by atoms with Crippen molar-refractivity contribution in [2.24, 2.45) is 0 Å². The summed E-state index contributed by atoms with van der Waals surface area (Å²) >= 11 is 1.01. The minimum absolute atomic E-state index is 0.0886. The first kappa shape index (κ1) is 13.2. The Bertz CT molecular complexity index is 627. The number of thiophene rings is 1. The van der Waals surface area contributed by atoms with Crippen molar-refractivity contribution in [1.29, 1.82) is 0 Å². The van der Waals surface area contributed by atoms with Gasteiger partial charge in [0, 0.05) is 6.07 Å². The van der Waals surface area contributed by atoms with Crippen molar-refractivity contribution in [2.75, 3.05) is 18.2 Å². The van der Waals surface area contributed by atoms with Crippen molar-refractivity contribution in [3.05, 3.63) is 35.0 Å². The van der Waals surface area contributed by atoms with Crippen molar-refractivity contribution < 1.29 is 19.0 Å². The molecule has 0 fully saturated rings. The highest BCUT2D eigenvalue weighted by Crippen LogP contribution is 2.35. The van der Waals surface area contributed by atoms with Gasteiger partial charge in [0.05, 0.1) is 23.5 Å². The minimum atomic E-state index is -0.623. The maximum atomic E-state index is 12.9. The lowest BCUT2D eigenvalue weighted by Crippen LogP contribution is -1.97. The summed E-state index contributed by atoms with van der Waals surface area (Å²) in [6.07, 6.45) is 0. The number of carbonyl (C=O) groups excluding carboxylic acids is 1. The molecule has 0 saturated heterocycles. The van der Waals surface area contributed by atoms with E-state index in [9.17, 15) is 14.3 Å². The first-order valence-electron chi connectivity index (χ1n) is 5.24.